The summed E-state index contributed by atoms with van der Waals surface area (Å²) in [5, 5.41) is 41.0. The molecule has 19 aromatic heterocycles. The molecule has 19 heterocycles. The number of aromatic nitrogens is 17. The van der Waals surface area contributed by atoms with E-state index in [-0.39, 0.29) is 6.61 Å². The minimum absolute atomic E-state index is 0.127. The number of nitrogen functional groups attached to an aromatic ring is 6. The van der Waals surface area contributed by atoms with Crippen molar-refractivity contribution in [2.45, 2.75) is 137 Å². The van der Waals surface area contributed by atoms with Crippen LogP contribution < -0.4 is 54.9 Å². The van der Waals surface area contributed by atoms with Crippen molar-refractivity contribution < 1.29 is 36.7 Å². The third-order valence-electron chi connectivity index (χ3n) is 24.8. The van der Waals surface area contributed by atoms with Crippen LogP contribution in [0.1, 0.15) is 125 Å². The van der Waals surface area contributed by atoms with E-state index in [9.17, 15) is 4.79 Å². The average molecular weight is 2130 g/mol. The van der Waals surface area contributed by atoms with Crippen LogP contribution in [0.4, 0.5) is 39.9 Å². The molecule has 22 aromatic rings. The number of ether oxygens (including phenoxy) is 2. The zero-order chi connectivity index (χ0) is 103. The number of pyridine rings is 7. The van der Waals surface area contributed by atoms with Gasteiger partial charge in [0.05, 0.1) is 72.3 Å². The monoisotopic (exact) mass is 2130 g/mol. The van der Waals surface area contributed by atoms with Crippen molar-refractivity contribution in [3.63, 3.8) is 0 Å². The molecule has 0 aliphatic rings. The Balaban J connectivity index is 0.000000120. The lowest BCUT2D eigenvalue weighted by Gasteiger charge is -2.06. The Morgan fingerprint density at radius 1 is 0.407 bits per heavy atom. The number of nitrogens with one attached hydrogen (secondary N) is 1. The first-order valence-corrected chi connectivity index (χ1v) is 52.0. The van der Waals surface area contributed by atoms with Gasteiger partial charge in [-0.1, -0.05) is 100 Å². The molecule has 145 heavy (non-hydrogen) atoms. The first-order valence-electron chi connectivity index (χ1n) is 45.1. The molecular formula is C102H96Cl3N25O8S7. The average Bonchev–Trinajstić information content (AvgIpc) is 1.68. The number of nitrogens with two attached hydrogens (primary N) is 7. The molecule has 15 N–H and O–H groups in total. The summed E-state index contributed by atoms with van der Waals surface area (Å²) in [5.41, 5.74) is 66.3. The zero-order valence-corrected chi connectivity index (χ0v) is 89.7. The highest BCUT2D eigenvalue weighted by Crippen LogP contribution is 2.50. The van der Waals surface area contributed by atoms with Crippen LogP contribution in [-0.2, 0) is 6.61 Å². The Labute approximate surface area is 873 Å². The number of unbranched alkanes of at least 4 members (excludes halogenated alkanes) is 1. The number of aryl methyl sites for hydroxylation is 11. The molecule has 3 aromatic carbocycles. The Kier molecular flexibility index (Phi) is 30.0. The highest BCUT2D eigenvalue weighted by Gasteiger charge is 2.30. The molecule has 0 spiro atoms. The van der Waals surface area contributed by atoms with Gasteiger partial charge in [-0.05, 0) is 244 Å². The van der Waals surface area contributed by atoms with Gasteiger partial charge in [-0.15, -0.1) is 99.8 Å². The van der Waals surface area contributed by atoms with Crippen LogP contribution in [0, 0.1) is 111 Å². The van der Waals surface area contributed by atoms with Gasteiger partial charge in [-0.3, -0.25) is 9.78 Å². The SMILES string of the molecule is CCCCNc1cc(C)c2c(N)c(C(N)=O)sc2n1.COc1ccccc1-c1noc(-c2sc3nc(C)c(C)c(C)c3c2N)n1.Cc1nc2sc(-c3nc(-c4cccs4)no3)c(N)c2c(C)c1C.Cc1nc2sc(-c3nc(COc4ccc(Cl)c(Cl)c4)no3)c(N)c2c(C)c1C.Cc1nc2sc(-c3nnc(-c4ccccc4Cl)o3)c(N)c2c(C)c1C.Cc1nc2sc(-c3nnc(-c4ccccn4)o3)c(N)c2c(C)c1C. The molecule has 0 aliphatic carbocycles. The fourth-order valence-electron chi connectivity index (χ4n) is 15.8. The largest absolute Gasteiger partial charge is 0.496 e. The topological polar surface area (TPSA) is 515 Å². The summed E-state index contributed by atoms with van der Waals surface area (Å²) in [4.78, 5) is 67.0. The second-order valence-corrected chi connectivity index (χ2v) is 41.9. The quantitative estimate of drug-likeness (QED) is 0.0370. The number of halogens is 3. The molecule has 0 fully saturated rings. The maximum Gasteiger partial charge on any atom is 0.270 e. The number of anilines is 7. The smallest absolute Gasteiger partial charge is 0.270 e. The summed E-state index contributed by atoms with van der Waals surface area (Å²) in [6, 6.07) is 31.3. The van der Waals surface area contributed by atoms with Gasteiger partial charge in [0, 0.05) is 79.6 Å². The van der Waals surface area contributed by atoms with Crippen LogP contribution in [0.3, 0.4) is 0 Å². The normalized spacial score (nSPS) is 11.3. The highest BCUT2D eigenvalue weighted by molar-refractivity contribution is 7.24. The number of amides is 1. The number of methoxy groups -OCH3 is 1. The molecule has 0 saturated heterocycles. The lowest BCUT2D eigenvalue weighted by molar-refractivity contribution is 0.100. The van der Waals surface area contributed by atoms with Crippen molar-refractivity contribution in [3.05, 3.63) is 230 Å². The molecule has 740 valence electrons. The lowest BCUT2D eigenvalue weighted by Crippen LogP contribution is -2.10. The van der Waals surface area contributed by atoms with Gasteiger partial charge >= 0.3 is 0 Å². The molecule has 33 nitrogen and oxygen atoms in total. The van der Waals surface area contributed by atoms with Gasteiger partial charge < -0.3 is 77.3 Å². The predicted octanol–water partition coefficient (Wildman–Crippen LogP) is 26.4. The molecular weight excluding hydrogens is 2030 g/mol. The predicted molar refractivity (Wildman–Crippen MR) is 588 cm³/mol. The van der Waals surface area contributed by atoms with Crippen LogP contribution in [0.15, 0.2) is 137 Å². The molecule has 0 radical (unpaired) electrons. The Hall–Kier alpha value is -14.6. The van der Waals surface area contributed by atoms with Crippen molar-refractivity contribution in [3.8, 4) is 110 Å². The summed E-state index contributed by atoms with van der Waals surface area (Å²) in [7, 11) is 1.61. The number of hydrogen-bond acceptors (Lipinski definition) is 39. The van der Waals surface area contributed by atoms with Crippen LogP contribution in [0.5, 0.6) is 11.5 Å². The fourth-order valence-corrected chi connectivity index (χ4v) is 23.6. The minimum atomic E-state index is -0.500. The highest BCUT2D eigenvalue weighted by atomic mass is 35.5. The summed E-state index contributed by atoms with van der Waals surface area (Å²) in [6.07, 6.45) is 3.91. The molecule has 0 saturated carbocycles. The van der Waals surface area contributed by atoms with E-state index in [2.05, 4.69) is 153 Å². The van der Waals surface area contributed by atoms with Crippen molar-refractivity contribution in [1.29, 1.82) is 0 Å². The van der Waals surface area contributed by atoms with Gasteiger partial charge in [-0.25, -0.2) is 29.9 Å². The third-order valence-corrected chi connectivity index (χ3v) is 33.3. The van der Waals surface area contributed by atoms with Crippen LogP contribution in [0.25, 0.3) is 160 Å². The third kappa shape index (κ3) is 20.5. The van der Waals surface area contributed by atoms with Crippen molar-refractivity contribution in [1.82, 2.24) is 85.7 Å². The minimum Gasteiger partial charge on any atom is -0.496 e. The number of primary amides is 1. The van der Waals surface area contributed by atoms with Gasteiger partial charge in [0.1, 0.15) is 81.3 Å². The van der Waals surface area contributed by atoms with E-state index in [1.54, 1.807) is 48.9 Å². The second-order valence-electron chi connectivity index (χ2n) is 33.8. The number of carbonyl (C=O) groups is 1. The molecule has 1 amide bonds. The van der Waals surface area contributed by atoms with E-state index in [1.165, 1.54) is 73.6 Å². The van der Waals surface area contributed by atoms with E-state index >= 15 is 0 Å². The Bertz CT molecular complexity index is 8690. The standard InChI is InChI=1S/C19H16Cl2N4O2S.C19H18N4O2S.C18H15ClN4OS.C17H15N5OS.C16H14N4OS2.C13H18N4OS/c1-8-9(2)15-16(22)17(28-19(15)23-10(8)3)18-24-14(25-27-18)7-26-11-4-5-12(20)13(21)6-11;1-9-10(2)14-15(20)16(26-19(14)21-11(9)3)18-22-17(23-25-18)12-7-5-6-8-13(12)24-4;1-8-9(2)13-14(20)15(25-18(13)21-10(8)3)17-23-22-16(24-17)11-6-4-5-7-12(11)19;1-8-9(2)12-13(18)14(24-17(12)20-10(8)3)16-22-21-15(23-16)11-6-4-5-7-19-11;1-7-8(2)11-12(17)13(23-16(11)18-9(7)3)15-19-14(20-21-15)10-5-4-6-22-10;1-3-4-5-16-8-6-7(2)9-10(14)11(12(15)18)19-13(9)17-8/h4-6H,7,22H2,1-3H3;5-8H,20H2,1-4H3;4-7H,20H2,1-3H3;4-7H,18H2,1-3H3;4-6H,17H2,1-3H3;6H,3-5,14H2,1-2H3,(H2,15,18)(H,16,17). The van der Waals surface area contributed by atoms with Gasteiger partial charge in [0.15, 0.2) is 6.61 Å². The second kappa shape index (κ2) is 42.8. The first kappa shape index (κ1) is 102. The fraction of sp³-hybridized carbons (Fsp3) is 0.216. The number of carbonyl (C=O) groups excluding carboxylic acids is 1. The number of fused-ring (bicyclic) bond motifs is 6. The maximum absolute atomic E-state index is 11.3. The summed E-state index contributed by atoms with van der Waals surface area (Å²) < 4.78 is 39.0. The summed E-state index contributed by atoms with van der Waals surface area (Å²) in [6.45, 7) is 35.7. The van der Waals surface area contributed by atoms with E-state index in [0.717, 1.165) is 201 Å². The summed E-state index contributed by atoms with van der Waals surface area (Å²) in [5.74, 6) is 5.72. The molecule has 0 atom stereocenters. The maximum atomic E-state index is 11.3. The van der Waals surface area contributed by atoms with Crippen molar-refractivity contribution in [2.24, 2.45) is 5.73 Å². The number of nitrogens with zero attached hydrogens (tertiary/aromatic N) is 17. The number of para-hydroxylation sites is 1. The molecule has 0 aliphatic heterocycles. The van der Waals surface area contributed by atoms with Crippen molar-refractivity contribution >= 4 is 221 Å². The number of rotatable bonds is 18. The zero-order valence-electron chi connectivity index (χ0n) is 81.7. The van der Waals surface area contributed by atoms with Crippen LogP contribution in [-0.4, -0.2) is 105 Å². The Morgan fingerprint density at radius 2 is 0.841 bits per heavy atom. The van der Waals surface area contributed by atoms with E-state index in [1.807, 2.05) is 140 Å². The first-order chi connectivity index (χ1) is 69.5. The molecule has 43 heteroatoms. The van der Waals surface area contributed by atoms with Gasteiger partial charge in [-0.2, -0.15) is 15.0 Å². The van der Waals surface area contributed by atoms with Crippen LogP contribution >= 0.6 is 114 Å². The van der Waals surface area contributed by atoms with E-state index < -0.39 is 5.91 Å². The summed E-state index contributed by atoms with van der Waals surface area (Å²) >= 11 is 28.3. The molecule has 0 unspecified atom stereocenters. The molecule has 0 bridgehead atoms. The van der Waals surface area contributed by atoms with E-state index in [4.69, 9.17) is 107 Å². The molecule has 22 rings (SSSR count). The number of benzene rings is 3. The van der Waals surface area contributed by atoms with Crippen molar-refractivity contribution in [2.75, 3.05) is 53.4 Å². The van der Waals surface area contributed by atoms with Gasteiger partial charge in [0.2, 0.25) is 23.4 Å². The number of thiophene rings is 7. The Morgan fingerprint density at radius 3 is 1.30 bits per heavy atom. The van der Waals surface area contributed by atoms with Gasteiger partial charge in [0.25, 0.3) is 41.3 Å². The number of hydrogen-bond donors (Lipinski definition) is 8. The van der Waals surface area contributed by atoms with E-state index in [0.29, 0.717) is 140 Å². The lowest BCUT2D eigenvalue weighted by atomic mass is 10.1. The van der Waals surface area contributed by atoms with Crippen LogP contribution in [0.2, 0.25) is 15.1 Å².